The average Bonchev–Trinajstić information content (AvgIpc) is 2.85. The Morgan fingerprint density at radius 3 is 2.58 bits per heavy atom. The number of rotatable bonds is 4. The SMILES string of the molecule is COc1ccccc1C[C@@H]1CC(=O)N(c2ccc(Cl)c(Cl)c2)C1=O. The van der Waals surface area contributed by atoms with Crippen molar-refractivity contribution >= 4 is 40.7 Å². The van der Waals surface area contributed by atoms with Gasteiger partial charge in [-0.3, -0.25) is 14.5 Å². The zero-order chi connectivity index (χ0) is 17.3. The number of hydrogen-bond donors (Lipinski definition) is 0. The maximum absolute atomic E-state index is 12.7. The smallest absolute Gasteiger partial charge is 0.237 e. The summed E-state index contributed by atoms with van der Waals surface area (Å²) in [6, 6.07) is 12.2. The molecule has 2 aromatic carbocycles. The van der Waals surface area contributed by atoms with Gasteiger partial charge in [-0.1, -0.05) is 41.4 Å². The number of methoxy groups -OCH3 is 1. The predicted octanol–water partition coefficient (Wildman–Crippen LogP) is 4.12. The highest BCUT2D eigenvalue weighted by Crippen LogP contribution is 2.33. The maximum atomic E-state index is 12.7. The number of benzene rings is 2. The van der Waals surface area contributed by atoms with Crippen LogP contribution >= 0.6 is 23.2 Å². The fourth-order valence-corrected chi connectivity index (χ4v) is 3.18. The van der Waals surface area contributed by atoms with Gasteiger partial charge in [-0.15, -0.1) is 0 Å². The van der Waals surface area contributed by atoms with Crippen molar-refractivity contribution in [2.45, 2.75) is 12.8 Å². The molecular weight excluding hydrogens is 349 g/mol. The van der Waals surface area contributed by atoms with E-state index < -0.39 is 5.92 Å². The van der Waals surface area contributed by atoms with Crippen LogP contribution in [-0.2, 0) is 16.0 Å². The monoisotopic (exact) mass is 363 g/mol. The van der Waals surface area contributed by atoms with Crippen LogP contribution in [0, 0.1) is 5.92 Å². The van der Waals surface area contributed by atoms with Gasteiger partial charge in [-0.2, -0.15) is 0 Å². The summed E-state index contributed by atoms with van der Waals surface area (Å²) in [5.74, 6) is -0.170. The van der Waals surface area contributed by atoms with Crippen molar-refractivity contribution in [2.75, 3.05) is 12.0 Å². The minimum absolute atomic E-state index is 0.164. The summed E-state index contributed by atoms with van der Waals surface area (Å²) in [5.41, 5.74) is 1.35. The highest BCUT2D eigenvalue weighted by molar-refractivity contribution is 6.42. The quantitative estimate of drug-likeness (QED) is 0.767. The van der Waals surface area contributed by atoms with Crippen molar-refractivity contribution in [3.8, 4) is 5.75 Å². The number of para-hydroxylation sites is 1. The van der Waals surface area contributed by atoms with Crippen LogP contribution in [0.1, 0.15) is 12.0 Å². The fourth-order valence-electron chi connectivity index (χ4n) is 2.89. The van der Waals surface area contributed by atoms with E-state index in [1.807, 2.05) is 24.3 Å². The topological polar surface area (TPSA) is 46.6 Å². The van der Waals surface area contributed by atoms with Gasteiger partial charge in [-0.25, -0.2) is 0 Å². The zero-order valence-corrected chi connectivity index (χ0v) is 14.5. The van der Waals surface area contributed by atoms with Crippen molar-refractivity contribution in [3.63, 3.8) is 0 Å². The van der Waals surface area contributed by atoms with Crippen molar-refractivity contribution in [1.82, 2.24) is 0 Å². The van der Waals surface area contributed by atoms with E-state index in [0.717, 1.165) is 5.56 Å². The summed E-state index contributed by atoms with van der Waals surface area (Å²) >= 11 is 11.9. The van der Waals surface area contributed by atoms with Crippen molar-refractivity contribution < 1.29 is 14.3 Å². The van der Waals surface area contributed by atoms with Gasteiger partial charge in [0.1, 0.15) is 5.75 Å². The lowest BCUT2D eigenvalue weighted by Gasteiger charge is -2.16. The van der Waals surface area contributed by atoms with Crippen LogP contribution in [0.2, 0.25) is 10.0 Å². The Labute approximate surface area is 149 Å². The van der Waals surface area contributed by atoms with Crippen LogP contribution in [0.4, 0.5) is 5.69 Å². The molecule has 0 aromatic heterocycles. The predicted molar refractivity (Wildman–Crippen MR) is 93.8 cm³/mol. The van der Waals surface area contributed by atoms with Gasteiger partial charge >= 0.3 is 0 Å². The van der Waals surface area contributed by atoms with Crippen LogP contribution in [0.5, 0.6) is 5.75 Å². The molecule has 2 aromatic rings. The van der Waals surface area contributed by atoms with Crippen LogP contribution in [-0.4, -0.2) is 18.9 Å². The first kappa shape index (κ1) is 16.8. The van der Waals surface area contributed by atoms with Gasteiger partial charge in [0.2, 0.25) is 11.8 Å². The summed E-state index contributed by atoms with van der Waals surface area (Å²) in [6.07, 6.45) is 0.615. The van der Waals surface area contributed by atoms with E-state index in [4.69, 9.17) is 27.9 Å². The average molecular weight is 364 g/mol. The summed E-state index contributed by atoms with van der Waals surface area (Å²) in [6.45, 7) is 0. The third-order valence-electron chi connectivity index (χ3n) is 4.06. The summed E-state index contributed by atoms with van der Waals surface area (Å²) in [7, 11) is 1.59. The third-order valence-corrected chi connectivity index (χ3v) is 4.80. The number of anilines is 1. The van der Waals surface area contributed by atoms with Gasteiger partial charge < -0.3 is 4.74 Å². The van der Waals surface area contributed by atoms with Gasteiger partial charge in [0, 0.05) is 6.42 Å². The molecular formula is C18H15Cl2NO3. The molecule has 0 saturated carbocycles. The zero-order valence-electron chi connectivity index (χ0n) is 13.0. The Balaban J connectivity index is 1.85. The number of hydrogen-bond acceptors (Lipinski definition) is 3. The molecule has 1 aliphatic rings. The van der Waals surface area contributed by atoms with E-state index in [2.05, 4.69) is 0 Å². The van der Waals surface area contributed by atoms with Crippen molar-refractivity contribution in [2.24, 2.45) is 5.92 Å². The number of imide groups is 1. The van der Waals surface area contributed by atoms with Crippen LogP contribution < -0.4 is 9.64 Å². The number of halogens is 2. The van der Waals surface area contributed by atoms with Gasteiger partial charge in [-0.05, 0) is 36.2 Å². The van der Waals surface area contributed by atoms with Crippen LogP contribution in [0.3, 0.4) is 0 Å². The first-order valence-corrected chi connectivity index (χ1v) is 8.20. The molecule has 24 heavy (non-hydrogen) atoms. The van der Waals surface area contributed by atoms with E-state index in [1.165, 1.54) is 11.0 Å². The normalized spacial score (nSPS) is 17.5. The fraction of sp³-hybridized carbons (Fsp3) is 0.222. The first-order valence-electron chi connectivity index (χ1n) is 7.45. The second-order valence-electron chi connectivity index (χ2n) is 5.58. The Morgan fingerprint density at radius 2 is 1.88 bits per heavy atom. The molecule has 0 spiro atoms. The molecule has 0 bridgehead atoms. The molecule has 0 radical (unpaired) electrons. The molecule has 2 amide bonds. The van der Waals surface area contributed by atoms with E-state index in [1.54, 1.807) is 19.2 Å². The molecule has 1 aliphatic heterocycles. The summed E-state index contributed by atoms with van der Waals surface area (Å²) < 4.78 is 5.32. The largest absolute Gasteiger partial charge is 0.496 e. The molecule has 0 aliphatic carbocycles. The van der Waals surface area contributed by atoms with E-state index in [0.29, 0.717) is 27.9 Å². The number of carbonyl (C=O) groups is 2. The van der Waals surface area contributed by atoms with E-state index in [9.17, 15) is 9.59 Å². The maximum Gasteiger partial charge on any atom is 0.237 e. The number of carbonyl (C=O) groups excluding carboxylic acids is 2. The third kappa shape index (κ3) is 3.12. The second-order valence-corrected chi connectivity index (χ2v) is 6.40. The first-order chi connectivity index (χ1) is 11.5. The summed E-state index contributed by atoms with van der Waals surface area (Å²) in [5, 5.41) is 0.688. The Bertz CT molecular complexity index is 807. The Hall–Kier alpha value is -2.04. The Kier molecular flexibility index (Phi) is 4.78. The lowest BCUT2D eigenvalue weighted by molar-refractivity contribution is -0.122. The molecule has 3 rings (SSSR count). The molecule has 124 valence electrons. The van der Waals surface area contributed by atoms with E-state index >= 15 is 0 Å². The second kappa shape index (κ2) is 6.83. The minimum Gasteiger partial charge on any atom is -0.496 e. The molecule has 1 fully saturated rings. The van der Waals surface area contributed by atoms with E-state index in [-0.39, 0.29) is 18.2 Å². The molecule has 6 heteroatoms. The van der Waals surface area contributed by atoms with Crippen molar-refractivity contribution in [1.29, 1.82) is 0 Å². The van der Waals surface area contributed by atoms with Gasteiger partial charge in [0.25, 0.3) is 0 Å². The molecule has 0 unspecified atom stereocenters. The van der Waals surface area contributed by atoms with Gasteiger partial charge in [0.15, 0.2) is 0 Å². The molecule has 0 N–H and O–H groups in total. The molecule has 1 saturated heterocycles. The van der Waals surface area contributed by atoms with Crippen molar-refractivity contribution in [3.05, 3.63) is 58.1 Å². The highest BCUT2D eigenvalue weighted by Gasteiger charge is 2.39. The summed E-state index contributed by atoms with van der Waals surface area (Å²) in [4.78, 5) is 26.2. The molecule has 4 nitrogen and oxygen atoms in total. The van der Waals surface area contributed by atoms with Crippen LogP contribution in [0.25, 0.3) is 0 Å². The standard InChI is InChI=1S/C18H15Cl2NO3/c1-24-16-5-3-2-4-11(16)8-12-9-17(22)21(18(12)23)13-6-7-14(19)15(20)10-13/h2-7,10,12H,8-9H2,1H3/t12-/m1/s1. The highest BCUT2D eigenvalue weighted by atomic mass is 35.5. The molecule has 1 heterocycles. The lowest BCUT2D eigenvalue weighted by Crippen LogP contribution is -2.30. The van der Waals surface area contributed by atoms with Gasteiger partial charge in [0.05, 0.1) is 28.8 Å². The number of ether oxygens (including phenoxy) is 1. The number of nitrogens with zero attached hydrogens (tertiary/aromatic N) is 1. The minimum atomic E-state index is -0.414. The number of amides is 2. The Morgan fingerprint density at radius 1 is 1.12 bits per heavy atom. The van der Waals surface area contributed by atoms with Crippen LogP contribution in [0.15, 0.2) is 42.5 Å². The molecule has 1 atom stereocenters. The lowest BCUT2D eigenvalue weighted by atomic mass is 9.97.